The lowest BCUT2D eigenvalue weighted by atomic mass is 10.1. The van der Waals surface area contributed by atoms with Gasteiger partial charge in [0.15, 0.2) is 0 Å². The SMILES string of the molecule is CNC1CCCN(c2cc(C#N)cc(C)n2)C1. The van der Waals surface area contributed by atoms with Crippen LogP contribution in [0.1, 0.15) is 24.1 Å². The molecule has 4 nitrogen and oxygen atoms in total. The van der Waals surface area contributed by atoms with Crippen molar-refractivity contribution in [2.24, 2.45) is 0 Å². The maximum atomic E-state index is 8.97. The molecule has 2 rings (SSSR count). The van der Waals surface area contributed by atoms with Gasteiger partial charge in [-0.1, -0.05) is 0 Å². The van der Waals surface area contributed by atoms with E-state index in [1.807, 2.05) is 26.1 Å². The molecule has 0 aromatic carbocycles. The molecule has 4 heteroatoms. The van der Waals surface area contributed by atoms with Crippen LogP contribution >= 0.6 is 0 Å². The summed E-state index contributed by atoms with van der Waals surface area (Å²) in [7, 11) is 2.00. The fourth-order valence-corrected chi connectivity index (χ4v) is 2.30. The monoisotopic (exact) mass is 230 g/mol. The minimum absolute atomic E-state index is 0.525. The van der Waals surface area contributed by atoms with Crippen LogP contribution in [0.25, 0.3) is 0 Å². The lowest BCUT2D eigenvalue weighted by Crippen LogP contribution is -2.44. The second-order valence-electron chi connectivity index (χ2n) is 4.54. The highest BCUT2D eigenvalue weighted by Crippen LogP contribution is 2.19. The number of nitriles is 1. The predicted octanol–water partition coefficient (Wildman–Crippen LogP) is 1.45. The van der Waals surface area contributed by atoms with Crippen molar-refractivity contribution in [2.75, 3.05) is 25.0 Å². The number of hydrogen-bond donors (Lipinski definition) is 1. The quantitative estimate of drug-likeness (QED) is 0.835. The lowest BCUT2D eigenvalue weighted by Gasteiger charge is -2.33. The molecule has 0 radical (unpaired) electrons. The van der Waals surface area contributed by atoms with E-state index < -0.39 is 0 Å². The molecule has 1 unspecified atom stereocenters. The molecule has 1 aliphatic heterocycles. The Morgan fingerprint density at radius 3 is 3.06 bits per heavy atom. The summed E-state index contributed by atoms with van der Waals surface area (Å²) in [5.41, 5.74) is 1.60. The molecule has 0 spiro atoms. The molecular weight excluding hydrogens is 212 g/mol. The summed E-state index contributed by atoms with van der Waals surface area (Å²) in [6.07, 6.45) is 2.38. The van der Waals surface area contributed by atoms with Crippen molar-refractivity contribution in [1.82, 2.24) is 10.3 Å². The molecular formula is C13H18N4. The molecule has 1 saturated heterocycles. The average molecular weight is 230 g/mol. The van der Waals surface area contributed by atoms with E-state index in [0.29, 0.717) is 11.6 Å². The number of rotatable bonds is 2. The van der Waals surface area contributed by atoms with E-state index in [1.54, 1.807) is 0 Å². The normalized spacial score (nSPS) is 20.1. The Morgan fingerprint density at radius 1 is 1.53 bits per heavy atom. The van der Waals surface area contributed by atoms with E-state index in [0.717, 1.165) is 24.6 Å². The largest absolute Gasteiger partial charge is 0.355 e. The van der Waals surface area contributed by atoms with E-state index >= 15 is 0 Å². The second kappa shape index (κ2) is 5.15. The fraction of sp³-hybridized carbons (Fsp3) is 0.538. The molecule has 0 bridgehead atoms. The summed E-state index contributed by atoms with van der Waals surface area (Å²) >= 11 is 0. The number of nitrogens with zero attached hydrogens (tertiary/aromatic N) is 3. The minimum atomic E-state index is 0.525. The number of piperidine rings is 1. The van der Waals surface area contributed by atoms with Crippen LogP contribution < -0.4 is 10.2 Å². The number of likely N-dealkylation sites (N-methyl/N-ethyl adjacent to an activating group) is 1. The molecule has 90 valence electrons. The van der Waals surface area contributed by atoms with Crippen molar-refractivity contribution in [3.63, 3.8) is 0 Å². The summed E-state index contributed by atoms with van der Waals surface area (Å²) in [5.74, 6) is 0.932. The number of aromatic nitrogens is 1. The zero-order valence-corrected chi connectivity index (χ0v) is 10.4. The first-order valence-electron chi connectivity index (χ1n) is 6.04. The number of anilines is 1. The molecule has 1 aromatic heterocycles. The fourth-order valence-electron chi connectivity index (χ4n) is 2.30. The number of hydrogen-bond acceptors (Lipinski definition) is 4. The first-order valence-corrected chi connectivity index (χ1v) is 6.04. The standard InChI is InChI=1S/C13H18N4/c1-10-6-11(8-14)7-13(16-10)17-5-3-4-12(9-17)15-2/h6-7,12,15H,3-5,9H2,1-2H3. The van der Waals surface area contributed by atoms with Gasteiger partial charge in [-0.05, 0) is 38.9 Å². The first kappa shape index (κ1) is 11.9. The van der Waals surface area contributed by atoms with E-state index in [9.17, 15) is 0 Å². The summed E-state index contributed by atoms with van der Waals surface area (Å²) in [5, 5.41) is 12.3. The Morgan fingerprint density at radius 2 is 2.35 bits per heavy atom. The Hall–Kier alpha value is -1.60. The van der Waals surface area contributed by atoms with Crippen LogP contribution in [0.2, 0.25) is 0 Å². The van der Waals surface area contributed by atoms with Gasteiger partial charge < -0.3 is 10.2 Å². The van der Waals surface area contributed by atoms with Crippen molar-refractivity contribution in [3.8, 4) is 6.07 Å². The second-order valence-corrected chi connectivity index (χ2v) is 4.54. The van der Waals surface area contributed by atoms with Gasteiger partial charge in [0.05, 0.1) is 11.6 Å². The van der Waals surface area contributed by atoms with Gasteiger partial charge in [0.2, 0.25) is 0 Å². The van der Waals surface area contributed by atoms with Gasteiger partial charge in [-0.2, -0.15) is 5.26 Å². The van der Waals surface area contributed by atoms with Gasteiger partial charge >= 0.3 is 0 Å². The molecule has 0 amide bonds. The highest BCUT2D eigenvalue weighted by molar-refractivity contribution is 5.47. The van der Waals surface area contributed by atoms with E-state index in [-0.39, 0.29) is 0 Å². The highest BCUT2D eigenvalue weighted by Gasteiger charge is 2.19. The number of aryl methyl sites for hydroxylation is 1. The highest BCUT2D eigenvalue weighted by atomic mass is 15.2. The van der Waals surface area contributed by atoms with Crippen molar-refractivity contribution in [3.05, 3.63) is 23.4 Å². The Kier molecular flexibility index (Phi) is 3.60. The lowest BCUT2D eigenvalue weighted by molar-refractivity contribution is 0.447. The van der Waals surface area contributed by atoms with Gasteiger partial charge in [-0.3, -0.25) is 0 Å². The van der Waals surface area contributed by atoms with Crippen LogP contribution in [0.15, 0.2) is 12.1 Å². The van der Waals surface area contributed by atoms with Crippen molar-refractivity contribution in [1.29, 1.82) is 5.26 Å². The van der Waals surface area contributed by atoms with Crippen LogP contribution in [0.3, 0.4) is 0 Å². The van der Waals surface area contributed by atoms with E-state index in [2.05, 4.69) is 21.3 Å². The smallest absolute Gasteiger partial charge is 0.130 e. The summed E-state index contributed by atoms with van der Waals surface area (Å²) in [6, 6.07) is 6.42. The molecule has 1 atom stereocenters. The minimum Gasteiger partial charge on any atom is -0.355 e. The Balaban J connectivity index is 2.21. The zero-order valence-electron chi connectivity index (χ0n) is 10.4. The summed E-state index contributed by atoms with van der Waals surface area (Å²) < 4.78 is 0. The molecule has 0 saturated carbocycles. The maximum absolute atomic E-state index is 8.97. The van der Waals surface area contributed by atoms with Gasteiger partial charge in [0, 0.05) is 24.8 Å². The van der Waals surface area contributed by atoms with Crippen LogP contribution in [0.5, 0.6) is 0 Å². The van der Waals surface area contributed by atoms with Crippen LogP contribution in [0.4, 0.5) is 5.82 Å². The van der Waals surface area contributed by atoms with Crippen LogP contribution in [-0.2, 0) is 0 Å². The molecule has 2 heterocycles. The van der Waals surface area contributed by atoms with Gasteiger partial charge in [0.25, 0.3) is 0 Å². The zero-order chi connectivity index (χ0) is 12.3. The Bertz CT molecular complexity index is 436. The van der Waals surface area contributed by atoms with Gasteiger partial charge in [-0.15, -0.1) is 0 Å². The molecule has 1 N–H and O–H groups in total. The summed E-state index contributed by atoms with van der Waals surface area (Å²) in [4.78, 5) is 6.78. The number of nitrogens with one attached hydrogen (secondary N) is 1. The third-order valence-electron chi connectivity index (χ3n) is 3.22. The molecule has 1 aliphatic rings. The van der Waals surface area contributed by atoms with Crippen molar-refractivity contribution < 1.29 is 0 Å². The molecule has 1 aromatic rings. The topological polar surface area (TPSA) is 52.0 Å². The average Bonchev–Trinajstić information content (AvgIpc) is 2.38. The van der Waals surface area contributed by atoms with E-state index in [1.165, 1.54) is 12.8 Å². The molecule has 17 heavy (non-hydrogen) atoms. The molecule has 0 aliphatic carbocycles. The Labute approximate surface area is 102 Å². The van der Waals surface area contributed by atoms with Crippen LogP contribution in [-0.4, -0.2) is 31.2 Å². The van der Waals surface area contributed by atoms with Gasteiger partial charge in [0.1, 0.15) is 5.82 Å². The predicted molar refractivity (Wildman–Crippen MR) is 68.0 cm³/mol. The summed E-state index contributed by atoms with van der Waals surface area (Å²) in [6.45, 7) is 3.93. The molecule has 1 fully saturated rings. The number of pyridine rings is 1. The maximum Gasteiger partial charge on any atom is 0.130 e. The first-order chi connectivity index (χ1) is 8.22. The van der Waals surface area contributed by atoms with Crippen molar-refractivity contribution >= 4 is 5.82 Å². The van der Waals surface area contributed by atoms with E-state index in [4.69, 9.17) is 5.26 Å². The van der Waals surface area contributed by atoms with Crippen LogP contribution in [0, 0.1) is 18.3 Å². The third kappa shape index (κ3) is 2.75. The van der Waals surface area contributed by atoms with Crippen molar-refractivity contribution in [2.45, 2.75) is 25.8 Å². The van der Waals surface area contributed by atoms with Gasteiger partial charge in [-0.25, -0.2) is 4.98 Å². The third-order valence-corrected chi connectivity index (χ3v) is 3.22.